The highest BCUT2D eigenvalue weighted by Gasteiger charge is 2.08. The third kappa shape index (κ3) is 6.77. The van der Waals surface area contributed by atoms with E-state index in [9.17, 15) is 9.90 Å². The first-order valence-electron chi connectivity index (χ1n) is 8.33. The van der Waals surface area contributed by atoms with Crippen molar-refractivity contribution in [3.8, 4) is 0 Å². The molecule has 1 aromatic carbocycles. The van der Waals surface area contributed by atoms with E-state index >= 15 is 0 Å². The van der Waals surface area contributed by atoms with Gasteiger partial charge in [0.2, 0.25) is 0 Å². The van der Waals surface area contributed by atoms with Crippen LogP contribution in [0.2, 0.25) is 0 Å². The lowest BCUT2D eigenvalue weighted by atomic mass is 10.1. The smallest absolute Gasteiger partial charge is 0.331 e. The number of rotatable bonds is 8. The summed E-state index contributed by atoms with van der Waals surface area (Å²) in [6.45, 7) is 1.92. The number of ether oxygens (including phenoxy) is 1. The van der Waals surface area contributed by atoms with Gasteiger partial charge in [0.15, 0.2) is 0 Å². The van der Waals surface area contributed by atoms with Crippen LogP contribution >= 0.6 is 0 Å². The lowest BCUT2D eigenvalue weighted by Crippen LogP contribution is -2.15. The van der Waals surface area contributed by atoms with Crippen molar-refractivity contribution < 1.29 is 14.6 Å². The van der Waals surface area contributed by atoms with Gasteiger partial charge in [-0.25, -0.2) is 9.78 Å². The van der Waals surface area contributed by atoms with Crippen molar-refractivity contribution in [1.82, 2.24) is 9.55 Å². The van der Waals surface area contributed by atoms with Crippen LogP contribution in [0.25, 0.3) is 6.08 Å². The Kier molecular flexibility index (Phi) is 7.16. The third-order valence-corrected chi connectivity index (χ3v) is 3.62. The molecule has 1 N–H and O–H groups in total. The quantitative estimate of drug-likeness (QED) is 0.456. The van der Waals surface area contributed by atoms with Gasteiger partial charge in [-0.15, -0.1) is 0 Å². The van der Waals surface area contributed by atoms with Gasteiger partial charge < -0.3 is 14.4 Å². The average Bonchev–Trinajstić information content (AvgIpc) is 3.03. The molecule has 0 aliphatic rings. The van der Waals surface area contributed by atoms with E-state index in [2.05, 4.69) is 4.98 Å². The lowest BCUT2D eigenvalue weighted by molar-refractivity contribution is -0.140. The molecule has 2 unspecified atom stereocenters. The zero-order valence-electron chi connectivity index (χ0n) is 14.6. The van der Waals surface area contributed by atoms with E-state index in [-0.39, 0.29) is 6.10 Å². The van der Waals surface area contributed by atoms with E-state index in [0.717, 1.165) is 5.56 Å². The van der Waals surface area contributed by atoms with Crippen LogP contribution in [0.4, 0.5) is 0 Å². The van der Waals surface area contributed by atoms with E-state index < -0.39 is 12.1 Å². The maximum atomic E-state index is 11.9. The second-order valence-electron chi connectivity index (χ2n) is 5.82. The van der Waals surface area contributed by atoms with Crippen LogP contribution in [-0.2, 0) is 23.0 Å². The molecule has 5 nitrogen and oxygen atoms in total. The number of aromatic nitrogens is 2. The number of aliphatic hydroxyl groups excluding tert-OH is 1. The van der Waals surface area contributed by atoms with Crippen LogP contribution in [0.15, 0.2) is 61.1 Å². The monoisotopic (exact) mass is 340 g/mol. The molecule has 2 aromatic rings. The molecule has 0 bridgehead atoms. The van der Waals surface area contributed by atoms with Crippen LogP contribution < -0.4 is 0 Å². The minimum Gasteiger partial charge on any atom is -0.455 e. The van der Waals surface area contributed by atoms with E-state index in [4.69, 9.17) is 4.74 Å². The minimum absolute atomic E-state index is 0.369. The Bertz CT molecular complexity index is 720. The Morgan fingerprint density at radius 3 is 2.72 bits per heavy atom. The number of carbonyl (C=O) groups is 1. The van der Waals surface area contributed by atoms with Gasteiger partial charge in [-0.05, 0) is 24.1 Å². The molecule has 2 atom stereocenters. The van der Waals surface area contributed by atoms with Crippen molar-refractivity contribution in [2.75, 3.05) is 0 Å². The largest absolute Gasteiger partial charge is 0.455 e. The van der Waals surface area contributed by atoms with Crippen molar-refractivity contribution in [3.05, 3.63) is 72.3 Å². The molecule has 0 spiro atoms. The molecule has 0 radical (unpaired) electrons. The second-order valence-corrected chi connectivity index (χ2v) is 5.82. The summed E-state index contributed by atoms with van der Waals surface area (Å²) in [5.41, 5.74) is 1.75. The molecule has 0 aliphatic carbocycles. The highest BCUT2D eigenvalue weighted by atomic mass is 16.5. The molecule has 132 valence electrons. The van der Waals surface area contributed by atoms with Crippen molar-refractivity contribution in [2.45, 2.75) is 32.0 Å². The van der Waals surface area contributed by atoms with E-state index in [1.807, 2.05) is 44.3 Å². The Morgan fingerprint density at radius 1 is 1.32 bits per heavy atom. The summed E-state index contributed by atoms with van der Waals surface area (Å²) in [6, 6.07) is 9.76. The zero-order valence-corrected chi connectivity index (χ0v) is 14.6. The summed E-state index contributed by atoms with van der Waals surface area (Å²) < 4.78 is 7.17. The van der Waals surface area contributed by atoms with Crippen LogP contribution in [-0.4, -0.2) is 32.8 Å². The molecule has 5 heteroatoms. The molecule has 0 fully saturated rings. The van der Waals surface area contributed by atoms with Gasteiger partial charge in [0.25, 0.3) is 0 Å². The standard InChI is InChI=1S/C20H24N2O3/c1-3-19(11-10-18(23)13-16-7-5-4-6-8-16)25-20(24)12-9-17-14-22(2)15-21-17/h4-12,14-15,18-19,23H,3,13H2,1-2H3/b11-10-,12-9+. The van der Waals surface area contributed by atoms with Gasteiger partial charge in [0, 0.05) is 25.7 Å². The van der Waals surface area contributed by atoms with Gasteiger partial charge in [0.05, 0.1) is 18.1 Å². The second kappa shape index (κ2) is 9.59. The molecule has 1 heterocycles. The Hall–Kier alpha value is -2.66. The van der Waals surface area contributed by atoms with E-state index in [0.29, 0.717) is 18.5 Å². The molecule has 25 heavy (non-hydrogen) atoms. The summed E-state index contributed by atoms with van der Waals surface area (Å²) in [5, 5.41) is 10.1. The molecular formula is C20H24N2O3. The number of imidazole rings is 1. The van der Waals surface area contributed by atoms with Gasteiger partial charge in [0.1, 0.15) is 6.10 Å². The predicted octanol–water partition coefficient (Wildman–Crippen LogP) is 2.91. The van der Waals surface area contributed by atoms with Gasteiger partial charge in [-0.3, -0.25) is 0 Å². The summed E-state index contributed by atoms with van der Waals surface area (Å²) in [5.74, 6) is -0.431. The van der Waals surface area contributed by atoms with E-state index in [1.165, 1.54) is 6.08 Å². The Labute approximate surface area is 148 Å². The van der Waals surface area contributed by atoms with Crippen molar-refractivity contribution >= 4 is 12.0 Å². The molecule has 0 saturated heterocycles. The van der Waals surface area contributed by atoms with Gasteiger partial charge >= 0.3 is 5.97 Å². The van der Waals surface area contributed by atoms with Crippen molar-refractivity contribution in [2.24, 2.45) is 7.05 Å². The first kappa shape index (κ1) is 18.7. The average molecular weight is 340 g/mol. The number of carbonyl (C=O) groups excluding carboxylic acids is 1. The number of aryl methyl sites for hydroxylation is 1. The number of hydrogen-bond donors (Lipinski definition) is 1. The topological polar surface area (TPSA) is 64.3 Å². The fourth-order valence-electron chi connectivity index (χ4n) is 2.30. The Balaban J connectivity index is 1.84. The SMILES string of the molecule is CCC(/C=C\C(O)Cc1ccccc1)OC(=O)/C=C/c1cn(C)cn1. The van der Waals surface area contributed by atoms with Gasteiger partial charge in [-0.2, -0.15) is 0 Å². The fourth-order valence-corrected chi connectivity index (χ4v) is 2.30. The highest BCUT2D eigenvalue weighted by molar-refractivity contribution is 5.86. The van der Waals surface area contributed by atoms with Gasteiger partial charge in [-0.1, -0.05) is 43.3 Å². The first-order chi connectivity index (χ1) is 12.1. The maximum absolute atomic E-state index is 11.9. The molecular weight excluding hydrogens is 316 g/mol. The summed E-state index contributed by atoms with van der Waals surface area (Å²) in [7, 11) is 1.86. The van der Waals surface area contributed by atoms with Crippen LogP contribution in [0, 0.1) is 0 Å². The molecule has 0 amide bonds. The molecule has 0 aliphatic heterocycles. The fraction of sp³-hybridized carbons (Fsp3) is 0.300. The molecule has 0 saturated carbocycles. The van der Waals surface area contributed by atoms with E-state index in [1.54, 1.807) is 35.3 Å². The Morgan fingerprint density at radius 2 is 2.08 bits per heavy atom. The summed E-state index contributed by atoms with van der Waals surface area (Å²) >= 11 is 0. The lowest BCUT2D eigenvalue weighted by Gasteiger charge is -2.12. The number of nitrogens with zero attached hydrogens (tertiary/aromatic N) is 2. The number of benzene rings is 1. The van der Waals surface area contributed by atoms with Crippen molar-refractivity contribution in [3.63, 3.8) is 0 Å². The zero-order chi connectivity index (χ0) is 18.1. The molecule has 1 aromatic heterocycles. The normalized spacial score (nSPS) is 14.0. The number of esters is 1. The van der Waals surface area contributed by atoms with Crippen LogP contribution in [0.1, 0.15) is 24.6 Å². The van der Waals surface area contributed by atoms with Crippen molar-refractivity contribution in [1.29, 1.82) is 0 Å². The number of hydrogen-bond acceptors (Lipinski definition) is 4. The highest BCUT2D eigenvalue weighted by Crippen LogP contribution is 2.07. The molecule has 2 rings (SSSR count). The number of aliphatic hydroxyl groups is 1. The maximum Gasteiger partial charge on any atom is 0.331 e. The van der Waals surface area contributed by atoms with Crippen LogP contribution in [0.5, 0.6) is 0 Å². The van der Waals surface area contributed by atoms with Crippen LogP contribution in [0.3, 0.4) is 0 Å². The third-order valence-electron chi connectivity index (χ3n) is 3.62. The summed E-state index contributed by atoms with van der Waals surface area (Å²) in [4.78, 5) is 16.0. The predicted molar refractivity (Wildman–Crippen MR) is 97.7 cm³/mol. The summed E-state index contributed by atoms with van der Waals surface area (Å²) in [6.07, 6.45) is 10.0. The first-order valence-corrected chi connectivity index (χ1v) is 8.33. The minimum atomic E-state index is -0.612.